The second-order valence-electron chi connectivity index (χ2n) is 5.57. The predicted molar refractivity (Wildman–Crippen MR) is 77.9 cm³/mol. The second-order valence-corrected chi connectivity index (χ2v) is 5.57. The zero-order chi connectivity index (χ0) is 14.8. The fourth-order valence-electron chi connectivity index (χ4n) is 3.07. The molecule has 0 N–H and O–H groups in total. The van der Waals surface area contributed by atoms with E-state index in [1.54, 1.807) is 7.11 Å². The monoisotopic (exact) mass is 290 g/mol. The Bertz CT molecular complexity index is 605. The first-order valence-electron chi connectivity index (χ1n) is 7.40. The fraction of sp³-hybridized carbons (Fsp3) is 0.600. The number of aromatic nitrogens is 3. The number of methoxy groups -OCH3 is 1. The lowest BCUT2D eigenvalue weighted by Crippen LogP contribution is -2.36. The Balaban J connectivity index is 1.80. The first-order valence-corrected chi connectivity index (χ1v) is 7.40. The summed E-state index contributed by atoms with van der Waals surface area (Å²) in [5.41, 5.74) is 2.29. The topological polar surface area (TPSA) is 56.3 Å². The van der Waals surface area contributed by atoms with E-state index >= 15 is 0 Å². The largest absolute Gasteiger partial charge is 0.465 e. The molecular weight excluding hydrogens is 268 g/mol. The second kappa shape index (κ2) is 5.99. The van der Waals surface area contributed by atoms with E-state index in [1.807, 2.05) is 23.7 Å². The van der Waals surface area contributed by atoms with Crippen molar-refractivity contribution in [2.45, 2.75) is 39.4 Å². The number of furan rings is 1. The molecule has 1 atom stereocenters. The smallest absolute Gasteiger partial charge is 0.118 e. The molecule has 21 heavy (non-hydrogen) atoms. The van der Waals surface area contributed by atoms with Crippen LogP contribution in [0.5, 0.6) is 0 Å². The quantitative estimate of drug-likeness (QED) is 0.842. The van der Waals surface area contributed by atoms with Crippen LogP contribution in [0.4, 0.5) is 0 Å². The summed E-state index contributed by atoms with van der Waals surface area (Å²) in [5.74, 6) is 2.26. The van der Waals surface area contributed by atoms with E-state index in [2.05, 4.69) is 22.1 Å². The zero-order valence-corrected chi connectivity index (χ0v) is 12.9. The van der Waals surface area contributed by atoms with Crippen molar-refractivity contribution in [3.05, 3.63) is 35.0 Å². The molecule has 0 aliphatic carbocycles. The lowest BCUT2D eigenvalue weighted by molar-refractivity contribution is 0.127. The van der Waals surface area contributed by atoms with Gasteiger partial charge in [-0.15, -0.1) is 5.10 Å². The van der Waals surface area contributed by atoms with Crippen molar-refractivity contribution in [3.63, 3.8) is 0 Å². The van der Waals surface area contributed by atoms with E-state index in [1.165, 1.54) is 5.69 Å². The molecule has 0 amide bonds. The van der Waals surface area contributed by atoms with Gasteiger partial charge in [-0.3, -0.25) is 4.90 Å². The van der Waals surface area contributed by atoms with E-state index < -0.39 is 0 Å². The molecule has 0 aromatic carbocycles. The van der Waals surface area contributed by atoms with E-state index in [-0.39, 0.29) is 0 Å². The van der Waals surface area contributed by atoms with Crippen LogP contribution in [0.2, 0.25) is 0 Å². The van der Waals surface area contributed by atoms with Gasteiger partial charge in [-0.25, -0.2) is 4.68 Å². The molecule has 0 saturated heterocycles. The Hall–Kier alpha value is -1.66. The van der Waals surface area contributed by atoms with E-state index in [0.717, 1.165) is 43.4 Å². The third-order valence-corrected chi connectivity index (χ3v) is 3.93. The van der Waals surface area contributed by atoms with Crippen LogP contribution in [0.25, 0.3) is 0 Å². The number of rotatable bonds is 5. The summed E-state index contributed by atoms with van der Waals surface area (Å²) in [6.45, 7) is 8.15. The Labute approximate surface area is 124 Å². The normalized spacial score (nSPS) is 18.9. The van der Waals surface area contributed by atoms with Crippen LogP contribution in [-0.4, -0.2) is 40.2 Å². The fourth-order valence-corrected chi connectivity index (χ4v) is 3.07. The van der Waals surface area contributed by atoms with Crippen molar-refractivity contribution < 1.29 is 9.15 Å². The van der Waals surface area contributed by atoms with Gasteiger partial charge in [-0.1, -0.05) is 5.21 Å². The Morgan fingerprint density at radius 2 is 2.29 bits per heavy atom. The molecule has 1 unspecified atom stereocenters. The molecule has 3 heterocycles. The van der Waals surface area contributed by atoms with Crippen molar-refractivity contribution >= 4 is 0 Å². The van der Waals surface area contributed by atoms with Gasteiger partial charge < -0.3 is 9.15 Å². The van der Waals surface area contributed by atoms with Crippen LogP contribution >= 0.6 is 0 Å². The van der Waals surface area contributed by atoms with Crippen LogP contribution in [0, 0.1) is 6.92 Å². The molecule has 0 bridgehead atoms. The van der Waals surface area contributed by atoms with Crippen LogP contribution < -0.4 is 0 Å². The number of fused-ring (bicyclic) bond motifs is 1. The van der Waals surface area contributed by atoms with Gasteiger partial charge in [0.05, 0.1) is 18.8 Å². The molecule has 0 spiro atoms. The average molecular weight is 290 g/mol. The van der Waals surface area contributed by atoms with Gasteiger partial charge in [-0.2, -0.15) is 0 Å². The van der Waals surface area contributed by atoms with Crippen molar-refractivity contribution in [2.24, 2.45) is 0 Å². The summed E-state index contributed by atoms with van der Waals surface area (Å²) in [6.07, 6.45) is 0. The van der Waals surface area contributed by atoms with Gasteiger partial charge in [-0.05, 0) is 26.0 Å². The summed E-state index contributed by atoms with van der Waals surface area (Å²) < 4.78 is 13.1. The molecule has 114 valence electrons. The molecule has 0 saturated carbocycles. The highest BCUT2D eigenvalue weighted by atomic mass is 16.5. The SMILES string of the molecule is CCn1nnc2c1C(COC)CN(Cc1ccc(C)o1)C2. The van der Waals surface area contributed by atoms with Gasteiger partial charge in [0.1, 0.15) is 17.2 Å². The molecule has 3 rings (SSSR count). The highest BCUT2D eigenvalue weighted by Gasteiger charge is 2.30. The van der Waals surface area contributed by atoms with Crippen molar-refractivity contribution in [3.8, 4) is 0 Å². The zero-order valence-electron chi connectivity index (χ0n) is 12.9. The van der Waals surface area contributed by atoms with Gasteiger partial charge in [0.15, 0.2) is 0 Å². The third-order valence-electron chi connectivity index (χ3n) is 3.93. The van der Waals surface area contributed by atoms with E-state index in [9.17, 15) is 0 Å². The molecule has 6 nitrogen and oxygen atoms in total. The summed E-state index contributed by atoms with van der Waals surface area (Å²) in [4.78, 5) is 2.35. The molecule has 2 aromatic rings. The van der Waals surface area contributed by atoms with Crippen molar-refractivity contribution in [1.29, 1.82) is 0 Å². The first-order chi connectivity index (χ1) is 10.2. The maximum atomic E-state index is 5.68. The Morgan fingerprint density at radius 3 is 2.95 bits per heavy atom. The number of nitrogens with zero attached hydrogens (tertiary/aromatic N) is 4. The molecular formula is C15H22N4O2. The summed E-state index contributed by atoms with van der Waals surface area (Å²) in [5, 5.41) is 8.60. The molecule has 1 aliphatic heterocycles. The van der Waals surface area contributed by atoms with Gasteiger partial charge >= 0.3 is 0 Å². The molecule has 2 aromatic heterocycles. The minimum Gasteiger partial charge on any atom is -0.465 e. The number of hydrogen-bond donors (Lipinski definition) is 0. The third kappa shape index (κ3) is 2.87. The van der Waals surface area contributed by atoms with Gasteiger partial charge in [0.2, 0.25) is 0 Å². The lowest BCUT2D eigenvalue weighted by atomic mass is 9.99. The van der Waals surface area contributed by atoms with Crippen LogP contribution in [0.3, 0.4) is 0 Å². The Morgan fingerprint density at radius 1 is 1.43 bits per heavy atom. The van der Waals surface area contributed by atoms with Crippen LogP contribution in [0.15, 0.2) is 16.5 Å². The molecule has 0 fully saturated rings. The van der Waals surface area contributed by atoms with Crippen molar-refractivity contribution in [2.75, 3.05) is 20.3 Å². The lowest BCUT2D eigenvalue weighted by Gasteiger charge is -2.31. The van der Waals surface area contributed by atoms with Crippen molar-refractivity contribution in [1.82, 2.24) is 19.9 Å². The van der Waals surface area contributed by atoms with Gasteiger partial charge in [0.25, 0.3) is 0 Å². The maximum Gasteiger partial charge on any atom is 0.118 e. The molecule has 1 aliphatic rings. The number of aryl methyl sites for hydroxylation is 2. The van der Waals surface area contributed by atoms with Crippen LogP contribution in [0.1, 0.15) is 35.7 Å². The average Bonchev–Trinajstić information content (AvgIpc) is 3.05. The van der Waals surface area contributed by atoms with E-state index in [0.29, 0.717) is 12.5 Å². The van der Waals surface area contributed by atoms with Crippen LogP contribution in [-0.2, 0) is 24.4 Å². The highest BCUT2D eigenvalue weighted by molar-refractivity contribution is 5.20. The van der Waals surface area contributed by atoms with E-state index in [4.69, 9.17) is 9.15 Å². The van der Waals surface area contributed by atoms with Gasteiger partial charge in [0, 0.05) is 32.7 Å². The minimum atomic E-state index is 0.310. The maximum absolute atomic E-state index is 5.68. The molecule has 0 radical (unpaired) electrons. The number of ether oxygens (including phenoxy) is 1. The first kappa shape index (κ1) is 14.3. The predicted octanol–water partition coefficient (Wildman–Crippen LogP) is 1.95. The Kier molecular flexibility index (Phi) is 4.07. The highest BCUT2D eigenvalue weighted by Crippen LogP contribution is 2.28. The summed E-state index contributed by atoms with van der Waals surface area (Å²) in [6, 6.07) is 4.05. The molecule has 6 heteroatoms. The summed E-state index contributed by atoms with van der Waals surface area (Å²) >= 11 is 0. The summed E-state index contributed by atoms with van der Waals surface area (Å²) in [7, 11) is 1.74. The minimum absolute atomic E-state index is 0.310. The standard InChI is InChI=1S/C15H22N4O2/c1-4-19-15-12(10-20-3)7-18(9-14(15)16-17-19)8-13-6-5-11(2)21-13/h5-6,12H,4,7-10H2,1-3H3. The number of hydrogen-bond acceptors (Lipinski definition) is 5.